The van der Waals surface area contributed by atoms with Crippen LogP contribution in [-0.4, -0.2) is 39.7 Å². The highest BCUT2D eigenvalue weighted by molar-refractivity contribution is 5.84. The molecule has 24 heavy (non-hydrogen) atoms. The molecule has 1 aliphatic carbocycles. The molecule has 6 heteroatoms. The number of carboxylic acids is 1. The molecule has 2 aliphatic rings. The summed E-state index contributed by atoms with van der Waals surface area (Å²) in [5.41, 5.74) is 0.614. The Hall–Kier alpha value is -1.95. The summed E-state index contributed by atoms with van der Waals surface area (Å²) < 4.78 is 0. The standard InChI is InChI=1S/C18H26N4O2/c23-17(24)8-7-15-11-21-16(12-20-15)22-18(9-4-10-19-13-18)14-5-2-1-3-6-14/h7-8,11-12,14,19H,1-6,9-10,13H2,(H,21,22)(H,23,24)/b8-7+/t18-/m0/s1. The third-order valence-corrected chi connectivity index (χ3v) is 5.25. The second kappa shape index (κ2) is 7.75. The van der Waals surface area contributed by atoms with Crippen molar-refractivity contribution in [3.05, 3.63) is 24.2 Å². The predicted octanol–water partition coefficient (Wildman–Crippen LogP) is 2.69. The number of rotatable bonds is 5. The first-order valence-electron chi connectivity index (χ1n) is 8.90. The van der Waals surface area contributed by atoms with Crippen molar-refractivity contribution in [1.82, 2.24) is 15.3 Å². The fraction of sp³-hybridized carbons (Fsp3) is 0.611. The number of nitrogens with zero attached hydrogens (tertiary/aromatic N) is 2. The van der Waals surface area contributed by atoms with Gasteiger partial charge in [-0.3, -0.25) is 4.98 Å². The summed E-state index contributed by atoms with van der Waals surface area (Å²) >= 11 is 0. The van der Waals surface area contributed by atoms with Crippen molar-refractivity contribution in [3.8, 4) is 0 Å². The van der Waals surface area contributed by atoms with E-state index >= 15 is 0 Å². The first-order valence-corrected chi connectivity index (χ1v) is 8.90. The Morgan fingerprint density at radius 1 is 1.25 bits per heavy atom. The molecule has 0 amide bonds. The Morgan fingerprint density at radius 2 is 2.08 bits per heavy atom. The molecule has 130 valence electrons. The van der Waals surface area contributed by atoms with Gasteiger partial charge in [-0.1, -0.05) is 19.3 Å². The summed E-state index contributed by atoms with van der Waals surface area (Å²) in [4.78, 5) is 19.3. The zero-order valence-corrected chi connectivity index (χ0v) is 14.0. The lowest BCUT2D eigenvalue weighted by atomic mass is 9.71. The quantitative estimate of drug-likeness (QED) is 0.720. The van der Waals surface area contributed by atoms with Crippen molar-refractivity contribution in [2.24, 2.45) is 5.92 Å². The van der Waals surface area contributed by atoms with E-state index in [4.69, 9.17) is 5.11 Å². The van der Waals surface area contributed by atoms with E-state index in [1.165, 1.54) is 44.6 Å². The van der Waals surface area contributed by atoms with E-state index in [2.05, 4.69) is 20.6 Å². The highest BCUT2D eigenvalue weighted by Gasteiger charge is 2.40. The first-order chi connectivity index (χ1) is 11.7. The molecule has 1 saturated heterocycles. The molecular formula is C18H26N4O2. The van der Waals surface area contributed by atoms with Crippen LogP contribution in [0.3, 0.4) is 0 Å². The van der Waals surface area contributed by atoms with Crippen LogP contribution in [0, 0.1) is 5.92 Å². The summed E-state index contributed by atoms with van der Waals surface area (Å²) in [5, 5.41) is 15.9. The molecule has 3 rings (SSSR count). The molecule has 1 aliphatic heterocycles. The molecule has 1 aromatic rings. The second-order valence-electron chi connectivity index (χ2n) is 6.89. The van der Waals surface area contributed by atoms with Gasteiger partial charge in [-0.2, -0.15) is 0 Å². The number of aromatic nitrogens is 2. The van der Waals surface area contributed by atoms with E-state index in [-0.39, 0.29) is 5.54 Å². The largest absolute Gasteiger partial charge is 0.478 e. The van der Waals surface area contributed by atoms with Crippen molar-refractivity contribution in [3.63, 3.8) is 0 Å². The van der Waals surface area contributed by atoms with Crippen LogP contribution in [0.1, 0.15) is 50.6 Å². The molecule has 2 fully saturated rings. The summed E-state index contributed by atoms with van der Waals surface area (Å²) in [6, 6.07) is 0. The van der Waals surface area contributed by atoms with Crippen LogP contribution in [0.5, 0.6) is 0 Å². The smallest absolute Gasteiger partial charge is 0.328 e. The third-order valence-electron chi connectivity index (χ3n) is 5.25. The van der Waals surface area contributed by atoms with Crippen molar-refractivity contribution in [1.29, 1.82) is 0 Å². The van der Waals surface area contributed by atoms with Crippen LogP contribution in [0.25, 0.3) is 6.08 Å². The fourth-order valence-corrected chi connectivity index (χ4v) is 4.04. The summed E-state index contributed by atoms with van der Waals surface area (Å²) in [6.45, 7) is 2.06. The van der Waals surface area contributed by atoms with Gasteiger partial charge in [-0.05, 0) is 44.2 Å². The Kier molecular flexibility index (Phi) is 5.45. The van der Waals surface area contributed by atoms with Crippen molar-refractivity contribution >= 4 is 17.9 Å². The number of carbonyl (C=O) groups is 1. The zero-order valence-electron chi connectivity index (χ0n) is 14.0. The SMILES string of the molecule is O=C(O)/C=C/c1cnc(N[C@@]2(C3CCCCC3)CCCNC2)cn1. The average molecular weight is 330 g/mol. The van der Waals surface area contributed by atoms with E-state index in [0.29, 0.717) is 11.6 Å². The molecule has 0 bridgehead atoms. The van der Waals surface area contributed by atoms with Crippen LogP contribution in [0.15, 0.2) is 18.5 Å². The monoisotopic (exact) mass is 330 g/mol. The molecule has 1 aromatic heterocycles. The van der Waals surface area contributed by atoms with Crippen molar-refractivity contribution in [2.75, 3.05) is 18.4 Å². The van der Waals surface area contributed by atoms with Crippen molar-refractivity contribution in [2.45, 2.75) is 50.5 Å². The van der Waals surface area contributed by atoms with Gasteiger partial charge in [-0.15, -0.1) is 0 Å². The van der Waals surface area contributed by atoms with E-state index in [1.807, 2.05) is 0 Å². The number of nitrogens with one attached hydrogen (secondary N) is 2. The number of piperidine rings is 1. The van der Waals surface area contributed by atoms with Gasteiger partial charge in [0.05, 0.1) is 23.6 Å². The topological polar surface area (TPSA) is 87.1 Å². The number of anilines is 1. The first kappa shape index (κ1) is 16.9. The Balaban J connectivity index is 1.73. The van der Waals surface area contributed by atoms with Crippen LogP contribution in [-0.2, 0) is 4.79 Å². The fourth-order valence-electron chi connectivity index (χ4n) is 4.04. The van der Waals surface area contributed by atoms with Crippen LogP contribution < -0.4 is 10.6 Å². The maximum absolute atomic E-state index is 10.6. The Morgan fingerprint density at radius 3 is 2.71 bits per heavy atom. The lowest BCUT2D eigenvalue weighted by molar-refractivity contribution is -0.131. The molecular weight excluding hydrogens is 304 g/mol. The molecule has 6 nitrogen and oxygen atoms in total. The maximum atomic E-state index is 10.6. The average Bonchev–Trinajstić information content (AvgIpc) is 2.63. The Bertz CT molecular complexity index is 573. The van der Waals surface area contributed by atoms with Crippen LogP contribution in [0.4, 0.5) is 5.82 Å². The van der Waals surface area contributed by atoms with E-state index < -0.39 is 5.97 Å². The highest BCUT2D eigenvalue weighted by atomic mass is 16.4. The minimum Gasteiger partial charge on any atom is -0.478 e. The third kappa shape index (κ3) is 4.12. The summed E-state index contributed by atoms with van der Waals surface area (Å²) in [5.74, 6) is 0.465. The van der Waals surface area contributed by atoms with Gasteiger partial charge < -0.3 is 15.7 Å². The molecule has 3 N–H and O–H groups in total. The molecule has 1 atom stereocenters. The van der Waals surface area contributed by atoms with E-state index in [9.17, 15) is 4.79 Å². The summed E-state index contributed by atoms with van der Waals surface area (Å²) in [7, 11) is 0. The number of hydrogen-bond donors (Lipinski definition) is 3. The zero-order chi connectivity index (χ0) is 16.8. The predicted molar refractivity (Wildman–Crippen MR) is 93.7 cm³/mol. The highest BCUT2D eigenvalue weighted by Crippen LogP contribution is 2.38. The van der Waals surface area contributed by atoms with Gasteiger partial charge in [0.15, 0.2) is 0 Å². The number of carboxylic acid groups (broad SMARTS) is 1. The van der Waals surface area contributed by atoms with Gasteiger partial charge in [-0.25, -0.2) is 9.78 Å². The van der Waals surface area contributed by atoms with Gasteiger partial charge in [0.25, 0.3) is 0 Å². The van der Waals surface area contributed by atoms with Gasteiger partial charge >= 0.3 is 5.97 Å². The molecule has 0 spiro atoms. The molecule has 0 radical (unpaired) electrons. The number of hydrogen-bond acceptors (Lipinski definition) is 5. The molecule has 0 unspecified atom stereocenters. The van der Waals surface area contributed by atoms with Crippen LogP contribution >= 0.6 is 0 Å². The van der Waals surface area contributed by atoms with Gasteiger partial charge in [0.1, 0.15) is 5.82 Å². The van der Waals surface area contributed by atoms with Gasteiger partial charge in [0, 0.05) is 12.6 Å². The molecule has 1 saturated carbocycles. The van der Waals surface area contributed by atoms with Gasteiger partial charge in [0.2, 0.25) is 0 Å². The number of aliphatic carboxylic acids is 1. The lowest BCUT2D eigenvalue weighted by Crippen LogP contribution is -2.56. The van der Waals surface area contributed by atoms with E-state index in [0.717, 1.165) is 31.4 Å². The lowest BCUT2D eigenvalue weighted by Gasteiger charge is -2.46. The second-order valence-corrected chi connectivity index (χ2v) is 6.89. The molecule has 2 heterocycles. The minimum absolute atomic E-state index is 0.0613. The van der Waals surface area contributed by atoms with E-state index in [1.54, 1.807) is 12.4 Å². The maximum Gasteiger partial charge on any atom is 0.328 e. The summed E-state index contributed by atoms with van der Waals surface area (Å²) in [6.07, 6.45) is 14.7. The van der Waals surface area contributed by atoms with Crippen molar-refractivity contribution < 1.29 is 9.90 Å². The Labute approximate surface area is 142 Å². The normalized spacial score (nSPS) is 25.7. The minimum atomic E-state index is -0.983. The molecule has 0 aromatic carbocycles. The van der Waals surface area contributed by atoms with Crippen LogP contribution in [0.2, 0.25) is 0 Å².